The first-order chi connectivity index (χ1) is 28.8. The van der Waals surface area contributed by atoms with Crippen molar-refractivity contribution in [3.05, 3.63) is 142 Å². The lowest BCUT2D eigenvalue weighted by Crippen LogP contribution is -2.36. The largest absolute Gasteiger partial charge is 0.416 e. The molecule has 346 valence electrons. The molecule has 0 fully saturated rings. The molecule has 0 bridgehead atoms. The molecule has 0 spiro atoms. The summed E-state index contributed by atoms with van der Waals surface area (Å²) in [6.07, 6.45) is -46.4. The lowest BCUT2D eigenvalue weighted by atomic mass is 10.1. The van der Waals surface area contributed by atoms with E-state index in [0.29, 0.717) is 12.1 Å². The van der Waals surface area contributed by atoms with E-state index >= 15 is 0 Å². The van der Waals surface area contributed by atoms with Crippen LogP contribution in [0.4, 0.5) is 105 Å². The Morgan fingerprint density at radius 2 is 0.359 bits per heavy atom. The number of rotatable bonds is 6. The number of benzene rings is 5. The van der Waals surface area contributed by atoms with Crippen LogP contribution in [0.1, 0.15) is 44.5 Å². The van der Waals surface area contributed by atoms with Gasteiger partial charge in [0.15, 0.2) is 0 Å². The summed E-state index contributed by atoms with van der Waals surface area (Å²) >= 11 is 0. The van der Waals surface area contributed by atoms with E-state index in [9.17, 15) is 105 Å². The van der Waals surface area contributed by atoms with Gasteiger partial charge in [-0.25, -0.2) is 0 Å². The minimum Gasteiger partial charge on any atom is -0.166 e. The zero-order chi connectivity index (χ0) is 48.6. The van der Waals surface area contributed by atoms with Crippen LogP contribution >= 0.6 is 15.8 Å². The highest BCUT2D eigenvalue weighted by Crippen LogP contribution is 2.47. The third-order valence-electron chi connectivity index (χ3n) is 8.69. The van der Waals surface area contributed by atoms with Crippen molar-refractivity contribution in [2.45, 2.75) is 49.4 Å². The van der Waals surface area contributed by atoms with Gasteiger partial charge in [0.1, 0.15) is 0 Å². The zero-order valence-corrected chi connectivity index (χ0v) is 32.0. The Morgan fingerprint density at radius 3 is 0.484 bits per heavy atom. The number of hydrogen-bond donors (Lipinski definition) is 0. The smallest absolute Gasteiger partial charge is 0.166 e. The molecule has 0 amide bonds. The molecule has 0 saturated heterocycles. The van der Waals surface area contributed by atoms with Crippen LogP contribution in [0.5, 0.6) is 0 Å². The Labute approximate surface area is 344 Å². The molecule has 0 unspecified atom stereocenters. The molecule has 0 nitrogen and oxygen atoms in total. The van der Waals surface area contributed by atoms with Crippen LogP contribution in [0, 0.1) is 0 Å². The Kier molecular flexibility index (Phi) is 13.1. The molecule has 0 aromatic heterocycles. The van der Waals surface area contributed by atoms with Crippen molar-refractivity contribution in [3.63, 3.8) is 0 Å². The zero-order valence-electron chi connectivity index (χ0n) is 30.2. The lowest BCUT2D eigenvalue weighted by Gasteiger charge is -2.30. The van der Waals surface area contributed by atoms with Crippen molar-refractivity contribution in [1.82, 2.24) is 0 Å². The Bertz CT molecular complexity index is 2060. The molecule has 0 aliphatic rings. The molecule has 0 atom stereocenters. The fourth-order valence-electron chi connectivity index (χ4n) is 5.97. The highest BCUT2D eigenvalue weighted by molar-refractivity contribution is 7.85. The van der Waals surface area contributed by atoms with Crippen LogP contribution in [0.2, 0.25) is 0 Å². The van der Waals surface area contributed by atoms with E-state index in [1.165, 1.54) is 0 Å². The molecule has 26 heteroatoms. The van der Waals surface area contributed by atoms with E-state index in [-0.39, 0.29) is 48.5 Å². The summed E-state index contributed by atoms with van der Waals surface area (Å²) in [5, 5.41) is -8.06. The first-order valence-electron chi connectivity index (χ1n) is 16.6. The van der Waals surface area contributed by atoms with Gasteiger partial charge in [-0.2, -0.15) is 105 Å². The molecule has 5 rings (SSSR count). The molecule has 0 heterocycles. The quantitative estimate of drug-likeness (QED) is 0.117. The molecule has 0 N–H and O–H groups in total. The SMILES string of the molecule is FC(F)(F)c1cc(P(c2cc(C(F)(F)F)cc(C(F)(F)F)c2)c2ccccc2P(c2cc(C(F)(F)F)cc(C(F)(F)F)c2)c2cc(C(F)(F)F)cc(C(F)(F)F)c2)cc(C(F)(F)F)c1. The van der Waals surface area contributed by atoms with Crippen LogP contribution in [-0.2, 0) is 49.4 Å². The normalized spacial score (nSPS) is 13.9. The molecule has 5 aromatic rings. The molecule has 64 heavy (non-hydrogen) atoms. The average Bonchev–Trinajstić information content (AvgIpc) is 3.12. The van der Waals surface area contributed by atoms with E-state index in [1.807, 2.05) is 0 Å². The van der Waals surface area contributed by atoms with Gasteiger partial charge in [0.2, 0.25) is 0 Å². The highest BCUT2D eigenvalue weighted by Gasteiger charge is 2.44. The van der Waals surface area contributed by atoms with Crippen LogP contribution in [0.15, 0.2) is 97.1 Å². The first-order valence-corrected chi connectivity index (χ1v) is 19.3. The van der Waals surface area contributed by atoms with Gasteiger partial charge in [-0.3, -0.25) is 0 Å². The Balaban J connectivity index is 2.09. The fraction of sp³-hybridized carbons (Fsp3) is 0.211. The van der Waals surface area contributed by atoms with Gasteiger partial charge in [-0.1, -0.05) is 24.3 Å². The second kappa shape index (κ2) is 16.6. The van der Waals surface area contributed by atoms with Gasteiger partial charge in [0, 0.05) is 0 Å². The van der Waals surface area contributed by atoms with E-state index in [1.54, 1.807) is 0 Å². The summed E-state index contributed by atoms with van der Waals surface area (Å²) in [5.74, 6) is 0. The molecule has 0 saturated carbocycles. The predicted octanol–water partition coefficient (Wildman–Crippen LogP) is 13.4. The summed E-state index contributed by atoms with van der Waals surface area (Å²) in [6.45, 7) is 0. The van der Waals surface area contributed by atoms with Crippen LogP contribution in [0.25, 0.3) is 0 Å². The summed E-state index contributed by atoms with van der Waals surface area (Å²) in [5.41, 5.74) is -18.1. The maximum absolute atomic E-state index is 14.2. The van der Waals surface area contributed by atoms with Gasteiger partial charge >= 0.3 is 49.4 Å². The number of halogens is 24. The van der Waals surface area contributed by atoms with Gasteiger partial charge in [-0.15, -0.1) is 0 Å². The maximum atomic E-state index is 14.2. The standard InChI is InChI=1S/C38H16F24P2/c39-31(40,41)17-5-18(32(42,43)44)10-25(9-17)63(26-11-19(33(45,46)47)6-20(12-26)34(48,49)50)29-3-1-2-4-30(29)64(27-13-21(35(51,52)53)7-22(14-27)36(54,55)56)28-15-23(37(57,58)59)8-24(16-28)38(60,61)62/h1-16H. The summed E-state index contributed by atoms with van der Waals surface area (Å²) in [4.78, 5) is 0. The third-order valence-corrected chi connectivity index (χ3v) is 13.7. The van der Waals surface area contributed by atoms with Crippen molar-refractivity contribution in [2.24, 2.45) is 0 Å². The molecule has 0 aliphatic heterocycles. The third kappa shape index (κ3) is 11.4. The molecule has 0 aliphatic carbocycles. The monoisotopic (exact) mass is 990 g/mol. The maximum Gasteiger partial charge on any atom is 0.416 e. The molecule has 0 radical (unpaired) electrons. The van der Waals surface area contributed by atoms with Crippen molar-refractivity contribution in [2.75, 3.05) is 0 Å². The highest BCUT2D eigenvalue weighted by atomic mass is 31.1. The van der Waals surface area contributed by atoms with Crippen LogP contribution in [-0.4, -0.2) is 0 Å². The van der Waals surface area contributed by atoms with Crippen molar-refractivity contribution >= 4 is 47.7 Å². The molecular formula is C38H16F24P2. The van der Waals surface area contributed by atoms with Gasteiger partial charge in [-0.05, 0) is 120 Å². The van der Waals surface area contributed by atoms with Gasteiger partial charge in [0.05, 0.1) is 44.5 Å². The van der Waals surface area contributed by atoms with Crippen molar-refractivity contribution in [3.8, 4) is 0 Å². The summed E-state index contributed by atoms with van der Waals surface area (Å²) < 4.78 is 341. The molecular weight excluding hydrogens is 974 g/mol. The van der Waals surface area contributed by atoms with Gasteiger partial charge in [0.25, 0.3) is 0 Å². The summed E-state index contributed by atoms with van der Waals surface area (Å²) in [6, 6.07) is -1.20. The minimum absolute atomic E-state index is 0.189. The van der Waals surface area contributed by atoms with Crippen molar-refractivity contribution in [1.29, 1.82) is 0 Å². The average molecular weight is 990 g/mol. The second-order valence-corrected chi connectivity index (χ2v) is 17.6. The summed E-state index contributed by atoms with van der Waals surface area (Å²) in [7, 11) is -7.85. The van der Waals surface area contributed by atoms with Gasteiger partial charge < -0.3 is 0 Å². The van der Waals surface area contributed by atoms with Crippen LogP contribution in [0.3, 0.4) is 0 Å². The van der Waals surface area contributed by atoms with E-state index in [2.05, 4.69) is 0 Å². The number of hydrogen-bond acceptors (Lipinski definition) is 0. The lowest BCUT2D eigenvalue weighted by molar-refractivity contribution is -0.144. The number of alkyl halides is 24. The Hall–Kier alpha value is -4.72. The van der Waals surface area contributed by atoms with Crippen LogP contribution < -0.4 is 31.8 Å². The van der Waals surface area contributed by atoms with E-state index in [0.717, 1.165) is 12.1 Å². The predicted molar refractivity (Wildman–Crippen MR) is 184 cm³/mol. The van der Waals surface area contributed by atoms with E-state index in [4.69, 9.17) is 0 Å². The fourth-order valence-corrected chi connectivity index (χ4v) is 11.5. The first kappa shape index (κ1) is 50.3. The topological polar surface area (TPSA) is 0 Å². The van der Waals surface area contributed by atoms with E-state index < -0.39 is 166 Å². The molecule has 5 aromatic carbocycles. The van der Waals surface area contributed by atoms with Crippen molar-refractivity contribution < 1.29 is 105 Å². The Morgan fingerprint density at radius 1 is 0.219 bits per heavy atom. The minimum atomic E-state index is -5.80. The second-order valence-electron chi connectivity index (χ2n) is 13.2.